The zero-order valence-electron chi connectivity index (χ0n) is 11.1. The molecule has 0 aliphatic heterocycles. The number of benzene rings is 1. The maximum Gasteiger partial charge on any atom is 0.416 e. The van der Waals surface area contributed by atoms with Gasteiger partial charge in [0.25, 0.3) is 5.24 Å². The standard InChI is InChI=1S/C14H8ClF3N2OS/c1-7-10-6-11(12(15)21)22-13(10)20(19-7)9-4-2-3-8(5-9)14(16,17)18/h2-6H,1H3. The van der Waals surface area contributed by atoms with Crippen molar-refractivity contribution in [3.8, 4) is 5.69 Å². The number of halogens is 4. The Bertz CT molecular complexity index is 882. The number of carbonyl (C=O) groups excluding carboxylic acids is 1. The number of alkyl halides is 3. The first-order valence-corrected chi connectivity index (χ1v) is 7.33. The van der Waals surface area contributed by atoms with Crippen LogP contribution in [0.2, 0.25) is 0 Å². The number of rotatable bonds is 2. The van der Waals surface area contributed by atoms with E-state index in [2.05, 4.69) is 5.10 Å². The summed E-state index contributed by atoms with van der Waals surface area (Å²) >= 11 is 6.56. The third-order valence-electron chi connectivity index (χ3n) is 3.16. The number of fused-ring (bicyclic) bond motifs is 1. The number of carbonyl (C=O) groups is 1. The van der Waals surface area contributed by atoms with E-state index >= 15 is 0 Å². The summed E-state index contributed by atoms with van der Waals surface area (Å²) in [6.45, 7) is 1.72. The monoisotopic (exact) mass is 344 g/mol. The second kappa shape index (κ2) is 5.10. The molecule has 8 heteroatoms. The molecule has 0 aliphatic carbocycles. The van der Waals surface area contributed by atoms with Gasteiger partial charge in [0.05, 0.1) is 21.8 Å². The van der Waals surface area contributed by atoms with Crippen molar-refractivity contribution >= 4 is 38.4 Å². The van der Waals surface area contributed by atoms with Crippen molar-refractivity contribution in [3.05, 3.63) is 46.5 Å². The Hall–Kier alpha value is -1.86. The van der Waals surface area contributed by atoms with Crippen molar-refractivity contribution in [1.29, 1.82) is 0 Å². The van der Waals surface area contributed by atoms with Crippen molar-refractivity contribution in [2.75, 3.05) is 0 Å². The van der Waals surface area contributed by atoms with Gasteiger partial charge in [-0.25, -0.2) is 4.68 Å². The van der Waals surface area contributed by atoms with E-state index in [1.165, 1.54) is 16.8 Å². The summed E-state index contributed by atoms with van der Waals surface area (Å²) in [7, 11) is 0. The molecule has 0 N–H and O–H groups in total. The van der Waals surface area contributed by atoms with Gasteiger partial charge >= 0.3 is 6.18 Å². The summed E-state index contributed by atoms with van der Waals surface area (Å²) in [5.41, 5.74) is 0.146. The lowest BCUT2D eigenvalue weighted by atomic mass is 10.2. The molecule has 1 aromatic carbocycles. The first kappa shape index (κ1) is 15.1. The van der Waals surface area contributed by atoms with Gasteiger partial charge in [0, 0.05) is 5.39 Å². The van der Waals surface area contributed by atoms with Crippen molar-refractivity contribution in [1.82, 2.24) is 9.78 Å². The Balaban J connectivity index is 2.20. The molecule has 2 aromatic heterocycles. The highest BCUT2D eigenvalue weighted by Gasteiger charge is 2.30. The summed E-state index contributed by atoms with van der Waals surface area (Å²) in [6.07, 6.45) is -4.43. The van der Waals surface area contributed by atoms with Crippen LogP contribution in [-0.2, 0) is 6.18 Å². The molecule has 0 atom stereocenters. The van der Waals surface area contributed by atoms with E-state index in [1.807, 2.05) is 0 Å². The van der Waals surface area contributed by atoms with Crippen LogP contribution in [0, 0.1) is 6.92 Å². The molecule has 2 heterocycles. The molecular weight excluding hydrogens is 337 g/mol. The summed E-state index contributed by atoms with van der Waals surface area (Å²) in [6, 6.07) is 6.47. The molecule has 3 rings (SSSR count). The molecule has 22 heavy (non-hydrogen) atoms. The van der Waals surface area contributed by atoms with E-state index in [0.717, 1.165) is 23.5 Å². The average Bonchev–Trinajstić information content (AvgIpc) is 2.99. The first-order valence-electron chi connectivity index (χ1n) is 6.14. The van der Waals surface area contributed by atoms with Crippen molar-refractivity contribution in [2.45, 2.75) is 13.1 Å². The van der Waals surface area contributed by atoms with Gasteiger partial charge in [-0.05, 0) is 42.8 Å². The van der Waals surface area contributed by atoms with Gasteiger partial charge in [0.15, 0.2) is 0 Å². The number of aryl methyl sites for hydroxylation is 1. The van der Waals surface area contributed by atoms with Crippen LogP contribution in [0.15, 0.2) is 30.3 Å². The zero-order chi connectivity index (χ0) is 16.1. The van der Waals surface area contributed by atoms with E-state index in [1.54, 1.807) is 13.0 Å². The molecule has 0 spiro atoms. The lowest BCUT2D eigenvalue weighted by molar-refractivity contribution is -0.137. The predicted molar refractivity (Wildman–Crippen MR) is 78.9 cm³/mol. The lowest BCUT2D eigenvalue weighted by Crippen LogP contribution is -2.06. The van der Waals surface area contributed by atoms with E-state index in [0.29, 0.717) is 20.8 Å². The second-order valence-corrected chi connectivity index (χ2v) is 6.02. The summed E-state index contributed by atoms with van der Waals surface area (Å²) in [5, 5.41) is 4.35. The molecule has 3 nitrogen and oxygen atoms in total. The Morgan fingerprint density at radius 1 is 1.32 bits per heavy atom. The minimum absolute atomic E-state index is 0.281. The first-order chi connectivity index (χ1) is 10.3. The maximum atomic E-state index is 12.8. The Kier molecular flexibility index (Phi) is 3.49. The number of thiophene rings is 1. The Morgan fingerprint density at radius 2 is 2.05 bits per heavy atom. The number of nitrogens with zero attached hydrogens (tertiary/aromatic N) is 2. The topological polar surface area (TPSA) is 34.9 Å². The molecule has 114 valence electrons. The molecule has 0 aliphatic rings. The van der Waals surface area contributed by atoms with Crippen LogP contribution in [0.25, 0.3) is 15.9 Å². The van der Waals surface area contributed by atoms with Crippen LogP contribution >= 0.6 is 22.9 Å². The van der Waals surface area contributed by atoms with Crippen molar-refractivity contribution in [3.63, 3.8) is 0 Å². The molecule has 0 saturated carbocycles. The van der Waals surface area contributed by atoms with E-state index in [-0.39, 0.29) is 5.69 Å². The number of hydrogen-bond donors (Lipinski definition) is 0. The number of hydrogen-bond acceptors (Lipinski definition) is 3. The van der Waals surface area contributed by atoms with Crippen LogP contribution in [-0.4, -0.2) is 15.0 Å². The van der Waals surface area contributed by atoms with E-state index < -0.39 is 17.0 Å². The molecule has 0 amide bonds. The largest absolute Gasteiger partial charge is 0.416 e. The molecule has 0 saturated heterocycles. The van der Waals surface area contributed by atoms with E-state index in [4.69, 9.17) is 11.6 Å². The van der Waals surface area contributed by atoms with Crippen LogP contribution < -0.4 is 0 Å². The van der Waals surface area contributed by atoms with E-state index in [9.17, 15) is 18.0 Å². The van der Waals surface area contributed by atoms with Gasteiger partial charge < -0.3 is 0 Å². The lowest BCUT2D eigenvalue weighted by Gasteiger charge is -2.08. The van der Waals surface area contributed by atoms with Crippen LogP contribution in [0.1, 0.15) is 20.9 Å². The molecule has 0 fully saturated rings. The third kappa shape index (κ3) is 2.50. The molecule has 3 aromatic rings. The van der Waals surface area contributed by atoms with Crippen LogP contribution in [0.5, 0.6) is 0 Å². The third-order valence-corrected chi connectivity index (χ3v) is 4.58. The second-order valence-electron chi connectivity index (χ2n) is 4.65. The molecule has 0 unspecified atom stereocenters. The SMILES string of the molecule is Cc1nn(-c2cccc(C(F)(F)F)c2)c2sc(C(=O)Cl)cc12. The predicted octanol–water partition coefficient (Wildman–Crippen LogP) is 4.79. The van der Waals surface area contributed by atoms with Gasteiger partial charge in [-0.15, -0.1) is 11.3 Å². The zero-order valence-corrected chi connectivity index (χ0v) is 12.7. The van der Waals surface area contributed by atoms with Crippen molar-refractivity contribution in [2.24, 2.45) is 0 Å². The van der Waals surface area contributed by atoms with Crippen molar-refractivity contribution < 1.29 is 18.0 Å². The molecular formula is C14H8ClF3N2OS. The Labute approximate surface area is 131 Å². The highest BCUT2D eigenvalue weighted by atomic mass is 35.5. The minimum Gasteiger partial charge on any atom is -0.275 e. The highest BCUT2D eigenvalue weighted by Crippen LogP contribution is 2.34. The highest BCUT2D eigenvalue weighted by molar-refractivity contribution is 7.21. The van der Waals surface area contributed by atoms with Gasteiger partial charge in [-0.2, -0.15) is 18.3 Å². The van der Waals surface area contributed by atoms with Gasteiger partial charge in [-0.3, -0.25) is 4.79 Å². The number of aromatic nitrogens is 2. The fourth-order valence-electron chi connectivity index (χ4n) is 2.13. The van der Waals surface area contributed by atoms with Gasteiger partial charge in [-0.1, -0.05) is 6.07 Å². The quantitative estimate of drug-likeness (QED) is 0.626. The van der Waals surface area contributed by atoms with Crippen LogP contribution in [0.3, 0.4) is 0 Å². The Morgan fingerprint density at radius 3 is 2.68 bits per heavy atom. The molecule has 0 radical (unpaired) electrons. The summed E-state index contributed by atoms with van der Waals surface area (Å²) in [4.78, 5) is 12.2. The summed E-state index contributed by atoms with van der Waals surface area (Å²) in [5.74, 6) is 0. The fourth-order valence-corrected chi connectivity index (χ4v) is 3.32. The fraction of sp³-hybridized carbons (Fsp3) is 0.143. The van der Waals surface area contributed by atoms with Crippen LogP contribution in [0.4, 0.5) is 13.2 Å². The summed E-state index contributed by atoms with van der Waals surface area (Å²) < 4.78 is 39.9. The minimum atomic E-state index is -4.43. The maximum absolute atomic E-state index is 12.8. The van der Waals surface area contributed by atoms with Gasteiger partial charge in [0.2, 0.25) is 0 Å². The molecule has 0 bridgehead atoms. The smallest absolute Gasteiger partial charge is 0.275 e. The normalized spacial score (nSPS) is 12.0. The van der Waals surface area contributed by atoms with Gasteiger partial charge in [0.1, 0.15) is 4.83 Å². The average molecular weight is 345 g/mol.